The molecule has 0 saturated heterocycles. The lowest BCUT2D eigenvalue weighted by Gasteiger charge is -2.09. The second-order valence-corrected chi connectivity index (χ2v) is 16.2. The molecule has 138 valence electrons. The molecule has 0 aliphatic rings. The Morgan fingerprint density at radius 1 is 0.957 bits per heavy atom. The smallest absolute Gasteiger partial charge is 0.341 e. The van der Waals surface area contributed by atoms with Crippen LogP contribution in [-0.4, -0.2) is 23.9 Å². The maximum atomic E-state index is 11.6. The molecule has 1 atom stereocenters. The summed E-state index contributed by atoms with van der Waals surface area (Å²) in [6.45, 7) is 2.48. The Labute approximate surface area is 165 Å². The van der Waals surface area contributed by atoms with Gasteiger partial charge in [-0.05, 0) is 18.9 Å². The number of halogens is 4. The van der Waals surface area contributed by atoms with Crippen LogP contribution in [0.5, 0.6) is 0 Å². The Hall–Kier alpha value is 1.04. The van der Waals surface area contributed by atoms with E-state index in [1.807, 2.05) is 6.92 Å². The molecule has 0 N–H and O–H groups in total. The molecule has 23 heavy (non-hydrogen) atoms. The highest BCUT2D eigenvalue weighted by atomic mass is 79.9. The number of hydrogen-bond acceptors (Lipinski definition) is 2. The molecule has 1 unspecified atom stereocenters. The summed E-state index contributed by atoms with van der Waals surface area (Å²) in [6, 6.07) is -1.61. The van der Waals surface area contributed by atoms with E-state index < -0.39 is 6.00 Å². The van der Waals surface area contributed by atoms with E-state index in [2.05, 4.69) is 15.9 Å². The summed E-state index contributed by atoms with van der Waals surface area (Å²) in [5, 5.41) is 0.843. The van der Waals surface area contributed by atoms with E-state index in [-0.39, 0.29) is 11.9 Å². The molecule has 0 aromatic carbocycles. The molecule has 2 nitrogen and oxygen atoms in total. The van der Waals surface area contributed by atoms with Crippen LogP contribution in [0.2, 0.25) is 6.04 Å². The predicted molar refractivity (Wildman–Crippen MR) is 108 cm³/mol. The molecular formula is C16H30BrCl3O2Si. The molecule has 0 heterocycles. The van der Waals surface area contributed by atoms with Crippen LogP contribution >= 0.6 is 49.2 Å². The van der Waals surface area contributed by atoms with Crippen LogP contribution in [0.1, 0.15) is 71.1 Å². The van der Waals surface area contributed by atoms with Crippen LogP contribution in [0.15, 0.2) is 0 Å². The van der Waals surface area contributed by atoms with E-state index >= 15 is 0 Å². The Morgan fingerprint density at radius 2 is 1.43 bits per heavy atom. The molecule has 0 aliphatic heterocycles. The third-order valence-corrected chi connectivity index (χ3v) is 6.87. The van der Waals surface area contributed by atoms with Crippen LogP contribution in [0.3, 0.4) is 0 Å². The van der Waals surface area contributed by atoms with Crippen molar-refractivity contribution in [1.82, 2.24) is 0 Å². The van der Waals surface area contributed by atoms with Gasteiger partial charge in [0.1, 0.15) is 0 Å². The topological polar surface area (TPSA) is 26.3 Å². The van der Waals surface area contributed by atoms with Gasteiger partial charge in [0.15, 0.2) is 0 Å². The normalized spacial score (nSPS) is 13.1. The van der Waals surface area contributed by atoms with Crippen molar-refractivity contribution in [3.05, 3.63) is 0 Å². The molecule has 0 amide bonds. The van der Waals surface area contributed by atoms with Crippen LogP contribution in [-0.2, 0) is 9.53 Å². The number of carbonyl (C=O) groups excluding carboxylic acids is 1. The van der Waals surface area contributed by atoms with Crippen molar-refractivity contribution < 1.29 is 9.53 Å². The van der Waals surface area contributed by atoms with E-state index in [9.17, 15) is 4.79 Å². The standard InChI is InChI=1S/C16H30BrCl3O2Si/c1-15(11-12-17)16(21)22-13-9-7-5-3-2-4-6-8-10-14-23(18,19)20/h15H,2-14H2,1H3. The number of carbonyl (C=O) groups is 1. The number of alkyl halides is 1. The number of rotatable bonds is 15. The first kappa shape index (κ1) is 24.0. The van der Waals surface area contributed by atoms with Crippen LogP contribution in [0.25, 0.3) is 0 Å². The molecule has 0 spiro atoms. The molecular weight excluding hydrogens is 439 g/mol. The Kier molecular flexibility index (Phi) is 16.0. The number of hydrogen-bond donors (Lipinski definition) is 0. The highest BCUT2D eigenvalue weighted by Gasteiger charge is 2.23. The van der Waals surface area contributed by atoms with Crippen LogP contribution in [0, 0.1) is 5.92 Å². The average Bonchev–Trinajstić information content (AvgIpc) is 2.47. The second-order valence-electron chi connectivity index (χ2n) is 6.09. The van der Waals surface area contributed by atoms with Crippen molar-refractivity contribution >= 4 is 61.1 Å². The fraction of sp³-hybridized carbons (Fsp3) is 0.938. The summed E-state index contributed by atoms with van der Waals surface area (Å²) in [6.07, 6.45) is 11.4. The molecule has 0 fully saturated rings. The van der Waals surface area contributed by atoms with Gasteiger partial charge in [-0.15, -0.1) is 33.2 Å². The monoisotopic (exact) mass is 466 g/mol. The summed E-state index contributed by atoms with van der Waals surface area (Å²) in [5.41, 5.74) is 0. The van der Waals surface area contributed by atoms with Gasteiger partial charge in [0.25, 0.3) is 0 Å². The van der Waals surface area contributed by atoms with Gasteiger partial charge in [0.05, 0.1) is 12.5 Å². The van der Waals surface area contributed by atoms with E-state index in [1.165, 1.54) is 38.5 Å². The van der Waals surface area contributed by atoms with Gasteiger partial charge in [0, 0.05) is 5.33 Å². The van der Waals surface area contributed by atoms with Crippen LogP contribution < -0.4 is 0 Å². The van der Waals surface area contributed by atoms with E-state index in [1.54, 1.807) is 0 Å². The first-order valence-corrected chi connectivity index (χ1v) is 15.0. The Balaban J connectivity index is 3.24. The van der Waals surface area contributed by atoms with Gasteiger partial charge < -0.3 is 4.74 Å². The van der Waals surface area contributed by atoms with Gasteiger partial charge in [-0.25, -0.2) is 0 Å². The summed E-state index contributed by atoms with van der Waals surface area (Å²) in [5.74, 6) is -0.0685. The first-order chi connectivity index (χ1) is 10.9. The van der Waals surface area contributed by atoms with Crippen molar-refractivity contribution in [3.8, 4) is 0 Å². The lowest BCUT2D eigenvalue weighted by molar-refractivity contribution is -0.148. The van der Waals surface area contributed by atoms with Gasteiger partial charge in [-0.1, -0.05) is 74.2 Å². The highest BCUT2D eigenvalue weighted by Crippen LogP contribution is 2.27. The summed E-state index contributed by atoms with van der Waals surface area (Å²) in [4.78, 5) is 11.6. The lowest BCUT2D eigenvalue weighted by Crippen LogP contribution is -2.15. The molecule has 0 aliphatic carbocycles. The third-order valence-electron chi connectivity index (χ3n) is 3.79. The van der Waals surface area contributed by atoms with E-state index in [0.29, 0.717) is 6.61 Å². The third kappa shape index (κ3) is 17.6. The lowest BCUT2D eigenvalue weighted by atomic mass is 10.1. The minimum Gasteiger partial charge on any atom is -0.465 e. The van der Waals surface area contributed by atoms with Crippen molar-refractivity contribution in [3.63, 3.8) is 0 Å². The minimum absolute atomic E-state index is 0.00129. The van der Waals surface area contributed by atoms with Crippen molar-refractivity contribution in [2.75, 3.05) is 11.9 Å². The van der Waals surface area contributed by atoms with Gasteiger partial charge in [-0.2, -0.15) is 0 Å². The number of esters is 1. The fourth-order valence-corrected chi connectivity index (χ4v) is 4.80. The summed E-state index contributed by atoms with van der Waals surface area (Å²) >= 11 is 20.9. The van der Waals surface area contributed by atoms with Crippen molar-refractivity contribution in [1.29, 1.82) is 0 Å². The maximum Gasteiger partial charge on any atom is 0.341 e. The summed E-state index contributed by atoms with van der Waals surface area (Å²) in [7, 11) is 0. The van der Waals surface area contributed by atoms with Crippen LogP contribution in [0.4, 0.5) is 0 Å². The maximum absolute atomic E-state index is 11.6. The van der Waals surface area contributed by atoms with Crippen molar-refractivity contribution in [2.45, 2.75) is 77.2 Å². The first-order valence-electron chi connectivity index (χ1n) is 8.66. The van der Waals surface area contributed by atoms with Gasteiger partial charge in [-0.3, -0.25) is 4.79 Å². The number of ether oxygens (including phenoxy) is 1. The second kappa shape index (κ2) is 15.3. The molecule has 0 radical (unpaired) electrons. The molecule has 0 rings (SSSR count). The molecule has 0 aromatic rings. The predicted octanol–water partition coefficient (Wildman–Crippen LogP) is 7.12. The molecule has 7 heteroatoms. The Morgan fingerprint density at radius 3 is 1.91 bits per heavy atom. The SMILES string of the molecule is CC(CCBr)C(=O)OCCCCCCCCCCC[Si](Cl)(Cl)Cl. The highest BCUT2D eigenvalue weighted by molar-refractivity contribution is 9.09. The quantitative estimate of drug-likeness (QED) is 0.0841. The fourth-order valence-electron chi connectivity index (χ4n) is 2.26. The molecule has 0 bridgehead atoms. The van der Waals surface area contributed by atoms with E-state index in [0.717, 1.165) is 37.1 Å². The van der Waals surface area contributed by atoms with Crippen molar-refractivity contribution in [2.24, 2.45) is 5.92 Å². The zero-order valence-electron chi connectivity index (χ0n) is 14.1. The minimum atomic E-state index is -2.39. The van der Waals surface area contributed by atoms with Gasteiger partial charge >= 0.3 is 12.0 Å². The summed E-state index contributed by atoms with van der Waals surface area (Å²) < 4.78 is 5.27. The zero-order chi connectivity index (χ0) is 17.6. The van der Waals surface area contributed by atoms with Gasteiger partial charge in [0.2, 0.25) is 0 Å². The molecule has 0 saturated carbocycles. The largest absolute Gasteiger partial charge is 0.465 e. The van der Waals surface area contributed by atoms with E-state index in [4.69, 9.17) is 38.0 Å². The number of unbranched alkanes of at least 4 members (excludes halogenated alkanes) is 8. The average molecular weight is 469 g/mol. The zero-order valence-corrected chi connectivity index (χ0v) is 19.0. The molecule has 0 aromatic heterocycles. The Bertz CT molecular complexity index is 302.